The van der Waals surface area contributed by atoms with Crippen molar-refractivity contribution >= 4 is 16.7 Å². The minimum absolute atomic E-state index is 0.286. The molecule has 2 atom stereocenters. The summed E-state index contributed by atoms with van der Waals surface area (Å²) in [6, 6.07) is 0.687. The van der Waals surface area contributed by atoms with Crippen molar-refractivity contribution < 1.29 is 0 Å². The van der Waals surface area contributed by atoms with E-state index in [0.717, 1.165) is 18.0 Å². The second kappa shape index (κ2) is 3.37. The van der Waals surface area contributed by atoms with E-state index in [1.165, 1.54) is 18.0 Å². The van der Waals surface area contributed by atoms with Crippen LogP contribution in [0.5, 0.6) is 0 Å². The van der Waals surface area contributed by atoms with Gasteiger partial charge in [0.1, 0.15) is 6.33 Å². The Balaban J connectivity index is 1.95. The maximum absolute atomic E-state index is 5.89. The zero-order valence-electron chi connectivity index (χ0n) is 6.73. The molecule has 0 aliphatic heterocycles. The molecular weight excluding hydrogens is 172 g/mol. The molecule has 1 aromatic rings. The Morgan fingerprint density at radius 1 is 1.58 bits per heavy atom. The van der Waals surface area contributed by atoms with E-state index >= 15 is 0 Å². The van der Waals surface area contributed by atoms with E-state index in [1.807, 2.05) is 0 Å². The first-order valence-corrected chi connectivity index (χ1v) is 4.92. The highest BCUT2D eigenvalue weighted by Crippen LogP contribution is 2.21. The lowest BCUT2D eigenvalue weighted by molar-refractivity contribution is 0.637. The van der Waals surface area contributed by atoms with Gasteiger partial charge in [-0.3, -0.25) is 0 Å². The third-order valence-electron chi connectivity index (χ3n) is 2.24. The molecule has 1 aliphatic carbocycles. The van der Waals surface area contributed by atoms with Gasteiger partial charge in [0.25, 0.3) is 0 Å². The summed E-state index contributed by atoms with van der Waals surface area (Å²) in [6.07, 6.45) is 5.06. The molecule has 0 amide bonds. The fourth-order valence-electron chi connectivity index (χ4n) is 1.56. The summed E-state index contributed by atoms with van der Waals surface area (Å²) < 4.78 is 3.92. The molecule has 12 heavy (non-hydrogen) atoms. The van der Waals surface area contributed by atoms with Crippen LogP contribution in [0.15, 0.2) is 6.33 Å². The first-order valence-electron chi connectivity index (χ1n) is 4.15. The van der Waals surface area contributed by atoms with Crippen molar-refractivity contribution in [2.24, 2.45) is 5.73 Å². The minimum atomic E-state index is 0.286. The number of anilines is 1. The zero-order chi connectivity index (χ0) is 8.39. The van der Waals surface area contributed by atoms with E-state index in [1.54, 1.807) is 6.33 Å². The topological polar surface area (TPSA) is 63.8 Å². The Morgan fingerprint density at radius 2 is 2.50 bits per heavy atom. The molecule has 3 N–H and O–H groups in total. The summed E-state index contributed by atoms with van der Waals surface area (Å²) in [5.74, 6) is 0. The second-order valence-corrected chi connectivity index (χ2v) is 3.87. The third-order valence-corrected chi connectivity index (χ3v) is 2.84. The van der Waals surface area contributed by atoms with Crippen LogP contribution < -0.4 is 11.1 Å². The molecule has 0 spiro atoms. The van der Waals surface area contributed by atoms with E-state index in [2.05, 4.69) is 14.7 Å². The lowest BCUT2D eigenvalue weighted by Gasteiger charge is -2.15. The van der Waals surface area contributed by atoms with Crippen molar-refractivity contribution in [3.63, 3.8) is 0 Å². The largest absolute Gasteiger partial charge is 0.356 e. The summed E-state index contributed by atoms with van der Waals surface area (Å²) in [5.41, 5.74) is 5.89. The molecule has 66 valence electrons. The van der Waals surface area contributed by atoms with Gasteiger partial charge in [-0.05, 0) is 19.3 Å². The Labute approximate surface area is 75.4 Å². The molecule has 1 fully saturated rings. The van der Waals surface area contributed by atoms with Gasteiger partial charge < -0.3 is 11.1 Å². The van der Waals surface area contributed by atoms with Crippen LogP contribution in [0.3, 0.4) is 0 Å². The van der Waals surface area contributed by atoms with Gasteiger partial charge in [-0.1, -0.05) is 0 Å². The molecule has 0 radical (unpaired) electrons. The maximum atomic E-state index is 5.89. The van der Waals surface area contributed by atoms with Crippen molar-refractivity contribution in [2.75, 3.05) is 5.32 Å². The second-order valence-electron chi connectivity index (χ2n) is 3.09. The van der Waals surface area contributed by atoms with E-state index < -0.39 is 0 Å². The molecular formula is C7H12N4S. The average molecular weight is 184 g/mol. The molecule has 2 unspecified atom stereocenters. The molecule has 1 saturated carbocycles. The predicted molar refractivity (Wildman–Crippen MR) is 49.1 cm³/mol. The molecule has 0 bridgehead atoms. The number of hydrogen-bond donors (Lipinski definition) is 2. The van der Waals surface area contributed by atoms with Crippen molar-refractivity contribution in [3.8, 4) is 0 Å². The van der Waals surface area contributed by atoms with Crippen molar-refractivity contribution in [2.45, 2.75) is 31.3 Å². The van der Waals surface area contributed by atoms with Crippen LogP contribution in [0.1, 0.15) is 19.3 Å². The molecule has 1 heterocycles. The number of nitrogens with one attached hydrogen (secondary N) is 1. The highest BCUT2D eigenvalue weighted by molar-refractivity contribution is 7.09. The van der Waals surface area contributed by atoms with Gasteiger partial charge >= 0.3 is 0 Å². The van der Waals surface area contributed by atoms with Gasteiger partial charge in [0.05, 0.1) is 0 Å². The predicted octanol–water partition coefficient (Wildman–Crippen LogP) is 0.830. The standard InChI is InChI=1S/C7H12N4S/c8-5-2-1-3-6(5)11-7-9-4-10-12-7/h4-6H,1-3,8H2,(H,9,10,11). The van der Waals surface area contributed by atoms with Gasteiger partial charge in [-0.2, -0.15) is 4.37 Å². The number of aromatic nitrogens is 2. The summed E-state index contributed by atoms with van der Waals surface area (Å²) in [7, 11) is 0. The van der Waals surface area contributed by atoms with E-state index in [-0.39, 0.29) is 6.04 Å². The Hall–Kier alpha value is -0.680. The molecule has 5 heteroatoms. The molecule has 1 aromatic heterocycles. The van der Waals surface area contributed by atoms with E-state index in [9.17, 15) is 0 Å². The third kappa shape index (κ3) is 1.56. The molecule has 2 rings (SSSR count). The van der Waals surface area contributed by atoms with Crippen LogP contribution in [0.2, 0.25) is 0 Å². The maximum Gasteiger partial charge on any atom is 0.202 e. The fraction of sp³-hybridized carbons (Fsp3) is 0.714. The van der Waals surface area contributed by atoms with Crippen LogP contribution in [0.4, 0.5) is 5.13 Å². The van der Waals surface area contributed by atoms with Crippen LogP contribution >= 0.6 is 11.5 Å². The summed E-state index contributed by atoms with van der Waals surface area (Å²) >= 11 is 1.38. The Kier molecular flexibility index (Phi) is 2.23. The van der Waals surface area contributed by atoms with Crippen molar-refractivity contribution in [1.29, 1.82) is 0 Å². The first kappa shape index (κ1) is 7.94. The van der Waals surface area contributed by atoms with Gasteiger partial charge in [-0.25, -0.2) is 4.98 Å². The highest BCUT2D eigenvalue weighted by atomic mass is 32.1. The fourth-order valence-corrected chi connectivity index (χ4v) is 2.06. The number of nitrogens with two attached hydrogens (primary N) is 1. The minimum Gasteiger partial charge on any atom is -0.356 e. The highest BCUT2D eigenvalue weighted by Gasteiger charge is 2.23. The number of hydrogen-bond acceptors (Lipinski definition) is 5. The van der Waals surface area contributed by atoms with Gasteiger partial charge in [0, 0.05) is 23.6 Å². The SMILES string of the molecule is NC1CCCC1Nc1ncns1. The van der Waals surface area contributed by atoms with Crippen LogP contribution in [0, 0.1) is 0 Å². The van der Waals surface area contributed by atoms with Crippen LogP contribution in [-0.2, 0) is 0 Å². The van der Waals surface area contributed by atoms with Gasteiger partial charge in [-0.15, -0.1) is 0 Å². The Bertz CT molecular complexity index is 236. The molecule has 4 nitrogen and oxygen atoms in total. The van der Waals surface area contributed by atoms with Gasteiger partial charge in [0.2, 0.25) is 5.13 Å². The number of nitrogens with zero attached hydrogens (tertiary/aromatic N) is 2. The zero-order valence-corrected chi connectivity index (χ0v) is 7.55. The van der Waals surface area contributed by atoms with Crippen LogP contribution in [0.25, 0.3) is 0 Å². The van der Waals surface area contributed by atoms with E-state index in [0.29, 0.717) is 6.04 Å². The molecule has 0 saturated heterocycles. The normalized spacial score (nSPS) is 29.1. The summed E-state index contributed by atoms with van der Waals surface area (Å²) in [6.45, 7) is 0. The molecule has 0 aromatic carbocycles. The quantitative estimate of drug-likeness (QED) is 0.714. The smallest absolute Gasteiger partial charge is 0.202 e. The lowest BCUT2D eigenvalue weighted by Crippen LogP contribution is -2.35. The average Bonchev–Trinajstić information content (AvgIpc) is 2.65. The van der Waals surface area contributed by atoms with Crippen molar-refractivity contribution in [1.82, 2.24) is 9.36 Å². The first-order chi connectivity index (χ1) is 5.86. The molecule has 1 aliphatic rings. The number of rotatable bonds is 2. The summed E-state index contributed by atoms with van der Waals surface area (Å²) in [5, 5.41) is 4.18. The summed E-state index contributed by atoms with van der Waals surface area (Å²) in [4.78, 5) is 4.05. The van der Waals surface area contributed by atoms with Gasteiger partial charge in [0.15, 0.2) is 0 Å². The lowest BCUT2D eigenvalue weighted by atomic mass is 10.2. The monoisotopic (exact) mass is 184 g/mol. The van der Waals surface area contributed by atoms with Crippen LogP contribution in [-0.4, -0.2) is 21.4 Å². The van der Waals surface area contributed by atoms with Crippen molar-refractivity contribution in [3.05, 3.63) is 6.33 Å². The van der Waals surface area contributed by atoms with E-state index in [4.69, 9.17) is 5.73 Å². The Morgan fingerprint density at radius 3 is 3.08 bits per heavy atom.